The van der Waals surface area contributed by atoms with Crippen molar-refractivity contribution >= 4 is 5.57 Å². The molecule has 1 rings (SSSR count). The van der Waals surface area contributed by atoms with Crippen molar-refractivity contribution in [1.82, 2.24) is 0 Å². The lowest BCUT2D eigenvalue weighted by Gasteiger charge is -2.22. The third kappa shape index (κ3) is 4.95. The van der Waals surface area contributed by atoms with E-state index in [1.54, 1.807) is 0 Å². The van der Waals surface area contributed by atoms with Crippen molar-refractivity contribution in [3.63, 3.8) is 0 Å². The van der Waals surface area contributed by atoms with Crippen molar-refractivity contribution in [3.05, 3.63) is 35.9 Å². The molecular weight excluding hydrogens is 220 g/mol. The van der Waals surface area contributed by atoms with E-state index in [1.165, 1.54) is 24.0 Å². The standard InChI is InChI=1S/C17H26O/c1-7-8-9-14-10-15(13(2)3)12-16(11-14)18-17(4,5)6/h10-12H,2,7-9H2,1,3-6H3. The summed E-state index contributed by atoms with van der Waals surface area (Å²) in [5, 5.41) is 0. The fourth-order valence-electron chi connectivity index (χ4n) is 1.84. The predicted molar refractivity (Wildman–Crippen MR) is 80.1 cm³/mol. The summed E-state index contributed by atoms with van der Waals surface area (Å²) in [4.78, 5) is 0. The first-order valence-electron chi connectivity index (χ1n) is 6.80. The van der Waals surface area contributed by atoms with Crippen molar-refractivity contribution in [2.75, 3.05) is 0 Å². The molecule has 0 aliphatic rings. The highest BCUT2D eigenvalue weighted by Crippen LogP contribution is 2.25. The van der Waals surface area contributed by atoms with Gasteiger partial charge in [0.15, 0.2) is 0 Å². The average molecular weight is 246 g/mol. The minimum Gasteiger partial charge on any atom is -0.488 e. The van der Waals surface area contributed by atoms with Crippen molar-refractivity contribution in [3.8, 4) is 5.75 Å². The average Bonchev–Trinajstić information content (AvgIpc) is 2.23. The molecule has 0 aliphatic carbocycles. The fourth-order valence-corrected chi connectivity index (χ4v) is 1.84. The van der Waals surface area contributed by atoms with Crippen molar-refractivity contribution in [1.29, 1.82) is 0 Å². The van der Waals surface area contributed by atoms with Gasteiger partial charge < -0.3 is 4.74 Å². The van der Waals surface area contributed by atoms with Gasteiger partial charge >= 0.3 is 0 Å². The molecule has 0 amide bonds. The van der Waals surface area contributed by atoms with Crippen LogP contribution in [0.3, 0.4) is 0 Å². The summed E-state index contributed by atoms with van der Waals surface area (Å²) in [5.41, 5.74) is 3.46. The van der Waals surface area contributed by atoms with Gasteiger partial charge in [0.05, 0.1) is 0 Å². The molecule has 0 bridgehead atoms. The number of unbranched alkanes of at least 4 members (excludes halogenated alkanes) is 1. The highest BCUT2D eigenvalue weighted by Gasteiger charge is 2.13. The van der Waals surface area contributed by atoms with E-state index in [-0.39, 0.29) is 5.60 Å². The first kappa shape index (κ1) is 14.8. The Bertz CT molecular complexity index is 410. The Hall–Kier alpha value is -1.24. The normalized spacial score (nSPS) is 11.4. The summed E-state index contributed by atoms with van der Waals surface area (Å²) < 4.78 is 5.97. The lowest BCUT2D eigenvalue weighted by atomic mass is 10.0. The lowest BCUT2D eigenvalue weighted by Crippen LogP contribution is -2.23. The number of hydrogen-bond acceptors (Lipinski definition) is 1. The Balaban J connectivity index is 3.02. The molecule has 1 heteroatoms. The quantitative estimate of drug-likeness (QED) is 0.690. The summed E-state index contributed by atoms with van der Waals surface area (Å²) in [6.45, 7) is 14.5. The zero-order valence-corrected chi connectivity index (χ0v) is 12.5. The molecule has 0 radical (unpaired) electrons. The number of aryl methyl sites for hydroxylation is 1. The molecule has 18 heavy (non-hydrogen) atoms. The Morgan fingerprint density at radius 3 is 2.39 bits per heavy atom. The van der Waals surface area contributed by atoms with Crippen LogP contribution in [0.1, 0.15) is 58.6 Å². The lowest BCUT2D eigenvalue weighted by molar-refractivity contribution is 0.131. The molecule has 0 N–H and O–H groups in total. The van der Waals surface area contributed by atoms with Gasteiger partial charge in [-0.05, 0) is 63.8 Å². The smallest absolute Gasteiger partial charge is 0.120 e. The second kappa shape index (κ2) is 6.08. The summed E-state index contributed by atoms with van der Waals surface area (Å²) in [7, 11) is 0. The molecule has 0 fully saturated rings. The van der Waals surface area contributed by atoms with E-state index in [4.69, 9.17) is 4.74 Å². The zero-order chi connectivity index (χ0) is 13.8. The van der Waals surface area contributed by atoms with E-state index in [2.05, 4.69) is 52.5 Å². The summed E-state index contributed by atoms with van der Waals surface area (Å²) in [5.74, 6) is 0.953. The Labute approximate surface area is 112 Å². The Morgan fingerprint density at radius 1 is 1.22 bits per heavy atom. The molecule has 1 nitrogen and oxygen atoms in total. The summed E-state index contributed by atoms with van der Waals surface area (Å²) in [6.07, 6.45) is 3.54. The molecule has 1 aromatic rings. The van der Waals surface area contributed by atoms with Gasteiger partial charge in [0.2, 0.25) is 0 Å². The minimum absolute atomic E-state index is 0.157. The van der Waals surface area contributed by atoms with Gasteiger partial charge in [-0.25, -0.2) is 0 Å². The predicted octanol–water partition coefficient (Wildman–Crippen LogP) is 5.24. The first-order chi connectivity index (χ1) is 8.31. The van der Waals surface area contributed by atoms with Gasteiger partial charge in [0, 0.05) is 0 Å². The molecule has 0 saturated carbocycles. The van der Waals surface area contributed by atoms with E-state index in [0.29, 0.717) is 0 Å². The molecule has 0 spiro atoms. The van der Waals surface area contributed by atoms with Crippen LogP contribution in [0.2, 0.25) is 0 Å². The number of hydrogen-bond donors (Lipinski definition) is 0. The van der Waals surface area contributed by atoms with Crippen LogP contribution < -0.4 is 4.74 Å². The van der Waals surface area contributed by atoms with Crippen molar-refractivity contribution in [2.45, 2.75) is 59.5 Å². The Morgan fingerprint density at radius 2 is 1.89 bits per heavy atom. The minimum atomic E-state index is -0.157. The van der Waals surface area contributed by atoms with Gasteiger partial charge in [-0.1, -0.05) is 31.6 Å². The first-order valence-corrected chi connectivity index (χ1v) is 6.80. The van der Waals surface area contributed by atoms with Crippen LogP contribution in [0.25, 0.3) is 5.57 Å². The third-order valence-electron chi connectivity index (χ3n) is 2.70. The summed E-state index contributed by atoms with van der Waals surface area (Å²) in [6, 6.07) is 6.48. The van der Waals surface area contributed by atoms with E-state index >= 15 is 0 Å². The van der Waals surface area contributed by atoms with Crippen molar-refractivity contribution in [2.24, 2.45) is 0 Å². The molecule has 0 heterocycles. The van der Waals surface area contributed by atoms with Gasteiger partial charge in [0.1, 0.15) is 11.4 Å². The zero-order valence-electron chi connectivity index (χ0n) is 12.5. The van der Waals surface area contributed by atoms with Gasteiger partial charge in [0.25, 0.3) is 0 Å². The molecule has 0 aliphatic heterocycles. The largest absolute Gasteiger partial charge is 0.488 e. The van der Waals surface area contributed by atoms with Crippen molar-refractivity contribution < 1.29 is 4.74 Å². The van der Waals surface area contributed by atoms with Crippen LogP contribution in [0, 0.1) is 0 Å². The van der Waals surface area contributed by atoms with Crippen LogP contribution >= 0.6 is 0 Å². The van der Waals surface area contributed by atoms with Gasteiger partial charge in [-0.15, -0.1) is 0 Å². The topological polar surface area (TPSA) is 9.23 Å². The van der Waals surface area contributed by atoms with Crippen LogP contribution in [-0.4, -0.2) is 5.60 Å². The van der Waals surface area contributed by atoms with Crippen LogP contribution in [-0.2, 0) is 6.42 Å². The maximum atomic E-state index is 5.97. The molecule has 0 saturated heterocycles. The van der Waals surface area contributed by atoms with E-state index in [0.717, 1.165) is 17.7 Å². The second-order valence-electron chi connectivity index (χ2n) is 5.96. The molecular formula is C17H26O. The maximum absolute atomic E-state index is 5.97. The van der Waals surface area contributed by atoms with Gasteiger partial charge in [-0.3, -0.25) is 0 Å². The number of ether oxygens (including phenoxy) is 1. The highest BCUT2D eigenvalue weighted by molar-refractivity contribution is 5.63. The summed E-state index contributed by atoms with van der Waals surface area (Å²) >= 11 is 0. The monoisotopic (exact) mass is 246 g/mol. The third-order valence-corrected chi connectivity index (χ3v) is 2.70. The van der Waals surface area contributed by atoms with Crippen LogP contribution in [0.5, 0.6) is 5.75 Å². The Kier molecular flexibility index (Phi) is 5.01. The fraction of sp³-hybridized carbons (Fsp3) is 0.529. The molecule has 100 valence electrons. The molecule has 0 unspecified atom stereocenters. The van der Waals surface area contributed by atoms with Crippen LogP contribution in [0.4, 0.5) is 0 Å². The second-order valence-corrected chi connectivity index (χ2v) is 5.96. The van der Waals surface area contributed by atoms with Gasteiger partial charge in [-0.2, -0.15) is 0 Å². The van der Waals surface area contributed by atoms with E-state index < -0.39 is 0 Å². The van der Waals surface area contributed by atoms with Crippen LogP contribution in [0.15, 0.2) is 24.8 Å². The molecule has 0 atom stereocenters. The van der Waals surface area contributed by atoms with E-state index in [1.807, 2.05) is 6.92 Å². The van der Waals surface area contributed by atoms with E-state index in [9.17, 15) is 0 Å². The molecule has 1 aromatic carbocycles. The highest BCUT2D eigenvalue weighted by atomic mass is 16.5. The maximum Gasteiger partial charge on any atom is 0.120 e. The SMILES string of the molecule is C=C(C)c1cc(CCCC)cc(OC(C)(C)C)c1. The number of allylic oxidation sites excluding steroid dienone is 1. The number of rotatable bonds is 5. The number of benzene rings is 1. The molecule has 0 aromatic heterocycles.